The molecule has 0 aliphatic carbocycles. The van der Waals surface area contributed by atoms with Crippen LogP contribution in [0.1, 0.15) is 25.8 Å². The molecule has 0 amide bonds. The number of H-pyrrole nitrogens is 1. The lowest BCUT2D eigenvalue weighted by molar-refractivity contribution is 0.0556. The SMILES string of the molecule is CCC(C)(O)CNCc1cn[nH]c1-c1cccnc1. The summed E-state index contributed by atoms with van der Waals surface area (Å²) in [6.07, 6.45) is 6.08. The van der Waals surface area contributed by atoms with Crippen LogP contribution in [-0.2, 0) is 6.54 Å². The Kier molecular flexibility index (Phi) is 4.29. The Balaban J connectivity index is 2.01. The lowest BCUT2D eigenvalue weighted by Crippen LogP contribution is -2.36. The van der Waals surface area contributed by atoms with Gasteiger partial charge in [-0.3, -0.25) is 10.1 Å². The number of pyridine rings is 1. The molecule has 0 aliphatic heterocycles. The van der Waals surface area contributed by atoms with Crippen molar-refractivity contribution >= 4 is 0 Å². The molecular weight excluding hydrogens is 240 g/mol. The van der Waals surface area contributed by atoms with Crippen LogP contribution in [0.4, 0.5) is 0 Å². The van der Waals surface area contributed by atoms with E-state index < -0.39 is 5.60 Å². The van der Waals surface area contributed by atoms with Gasteiger partial charge >= 0.3 is 0 Å². The lowest BCUT2D eigenvalue weighted by Gasteiger charge is -2.21. The summed E-state index contributed by atoms with van der Waals surface area (Å²) in [6, 6.07) is 3.89. The molecule has 0 saturated carbocycles. The third kappa shape index (κ3) is 3.62. The van der Waals surface area contributed by atoms with Crippen molar-refractivity contribution in [2.45, 2.75) is 32.4 Å². The van der Waals surface area contributed by atoms with Crippen molar-refractivity contribution in [3.8, 4) is 11.3 Å². The lowest BCUT2D eigenvalue weighted by atomic mass is 10.0. The van der Waals surface area contributed by atoms with Gasteiger partial charge in [0, 0.05) is 36.6 Å². The highest BCUT2D eigenvalue weighted by Gasteiger charge is 2.17. The summed E-state index contributed by atoms with van der Waals surface area (Å²) < 4.78 is 0. The van der Waals surface area contributed by atoms with Crippen LogP contribution in [0.15, 0.2) is 30.7 Å². The molecular formula is C14H20N4O. The molecule has 2 aromatic heterocycles. The van der Waals surface area contributed by atoms with Crippen molar-refractivity contribution in [1.29, 1.82) is 0 Å². The normalized spacial score (nSPS) is 14.3. The van der Waals surface area contributed by atoms with E-state index in [0.717, 1.165) is 23.2 Å². The monoisotopic (exact) mass is 260 g/mol. The molecule has 1 unspecified atom stereocenters. The van der Waals surface area contributed by atoms with E-state index in [1.165, 1.54) is 0 Å². The molecule has 5 heteroatoms. The van der Waals surface area contributed by atoms with Gasteiger partial charge in [0.1, 0.15) is 0 Å². The standard InChI is InChI=1S/C14H20N4O/c1-3-14(2,19)10-16-8-12-9-17-18-13(12)11-5-4-6-15-7-11/h4-7,9,16,19H,3,8,10H2,1-2H3,(H,17,18). The van der Waals surface area contributed by atoms with E-state index in [-0.39, 0.29) is 0 Å². The van der Waals surface area contributed by atoms with Gasteiger partial charge in [-0.25, -0.2) is 0 Å². The van der Waals surface area contributed by atoms with Gasteiger partial charge in [-0.1, -0.05) is 6.92 Å². The van der Waals surface area contributed by atoms with E-state index in [1.54, 1.807) is 18.6 Å². The molecule has 0 aliphatic rings. The average molecular weight is 260 g/mol. The molecule has 0 aromatic carbocycles. The average Bonchev–Trinajstić information content (AvgIpc) is 2.88. The zero-order chi connectivity index (χ0) is 13.7. The number of aromatic nitrogens is 3. The molecule has 102 valence electrons. The first-order valence-corrected chi connectivity index (χ1v) is 6.48. The van der Waals surface area contributed by atoms with Gasteiger partial charge in [-0.05, 0) is 25.5 Å². The number of hydrogen-bond acceptors (Lipinski definition) is 4. The van der Waals surface area contributed by atoms with Gasteiger partial charge in [-0.15, -0.1) is 0 Å². The topological polar surface area (TPSA) is 73.8 Å². The summed E-state index contributed by atoms with van der Waals surface area (Å²) in [4.78, 5) is 4.11. The zero-order valence-corrected chi connectivity index (χ0v) is 11.3. The Labute approximate surface area is 113 Å². The highest BCUT2D eigenvalue weighted by atomic mass is 16.3. The number of nitrogens with zero attached hydrogens (tertiary/aromatic N) is 2. The molecule has 5 nitrogen and oxygen atoms in total. The van der Waals surface area contributed by atoms with Crippen LogP contribution in [-0.4, -0.2) is 32.4 Å². The molecule has 2 heterocycles. The van der Waals surface area contributed by atoms with Crippen molar-refractivity contribution in [1.82, 2.24) is 20.5 Å². The molecule has 0 radical (unpaired) electrons. The first-order valence-electron chi connectivity index (χ1n) is 6.48. The van der Waals surface area contributed by atoms with Crippen molar-refractivity contribution in [2.24, 2.45) is 0 Å². The number of aromatic amines is 1. The Bertz CT molecular complexity index is 507. The zero-order valence-electron chi connectivity index (χ0n) is 11.3. The second-order valence-corrected chi connectivity index (χ2v) is 4.97. The van der Waals surface area contributed by atoms with Crippen LogP contribution in [0.25, 0.3) is 11.3 Å². The van der Waals surface area contributed by atoms with Gasteiger partial charge in [-0.2, -0.15) is 5.10 Å². The minimum absolute atomic E-state index is 0.557. The van der Waals surface area contributed by atoms with Gasteiger partial charge in [0.25, 0.3) is 0 Å². The molecule has 3 N–H and O–H groups in total. The van der Waals surface area contributed by atoms with Gasteiger partial charge in [0.2, 0.25) is 0 Å². The van der Waals surface area contributed by atoms with E-state index in [2.05, 4.69) is 20.5 Å². The summed E-state index contributed by atoms with van der Waals surface area (Å²) in [5.41, 5.74) is 2.38. The van der Waals surface area contributed by atoms with Crippen LogP contribution in [0.2, 0.25) is 0 Å². The third-order valence-corrected chi connectivity index (χ3v) is 3.25. The van der Waals surface area contributed by atoms with E-state index >= 15 is 0 Å². The fraction of sp³-hybridized carbons (Fsp3) is 0.429. The fourth-order valence-corrected chi connectivity index (χ4v) is 1.80. The van der Waals surface area contributed by atoms with E-state index in [4.69, 9.17) is 0 Å². The molecule has 0 fully saturated rings. The van der Waals surface area contributed by atoms with Crippen molar-refractivity contribution in [3.63, 3.8) is 0 Å². The second kappa shape index (κ2) is 5.95. The predicted molar refractivity (Wildman–Crippen MR) is 74.4 cm³/mol. The first-order chi connectivity index (χ1) is 9.12. The first kappa shape index (κ1) is 13.7. The van der Waals surface area contributed by atoms with Crippen molar-refractivity contribution in [2.75, 3.05) is 6.54 Å². The summed E-state index contributed by atoms with van der Waals surface area (Å²) in [5.74, 6) is 0. The predicted octanol–water partition coefficient (Wildman–Crippen LogP) is 1.72. The largest absolute Gasteiger partial charge is 0.389 e. The minimum Gasteiger partial charge on any atom is -0.389 e. The van der Waals surface area contributed by atoms with Crippen LogP contribution in [0.5, 0.6) is 0 Å². The van der Waals surface area contributed by atoms with E-state index in [9.17, 15) is 5.11 Å². The van der Waals surface area contributed by atoms with Crippen molar-refractivity contribution < 1.29 is 5.11 Å². The summed E-state index contributed by atoms with van der Waals surface area (Å²) in [7, 11) is 0. The summed E-state index contributed by atoms with van der Waals surface area (Å²) >= 11 is 0. The third-order valence-electron chi connectivity index (χ3n) is 3.25. The van der Waals surface area contributed by atoms with Crippen LogP contribution >= 0.6 is 0 Å². The number of nitrogens with one attached hydrogen (secondary N) is 2. The number of hydrogen-bond donors (Lipinski definition) is 3. The highest BCUT2D eigenvalue weighted by Crippen LogP contribution is 2.19. The highest BCUT2D eigenvalue weighted by molar-refractivity contribution is 5.61. The summed E-state index contributed by atoms with van der Waals surface area (Å²) in [5, 5.41) is 20.3. The van der Waals surface area contributed by atoms with Crippen molar-refractivity contribution in [3.05, 3.63) is 36.3 Å². The van der Waals surface area contributed by atoms with Gasteiger partial charge < -0.3 is 10.4 Å². The Morgan fingerprint density at radius 3 is 2.95 bits per heavy atom. The number of aliphatic hydroxyl groups is 1. The Morgan fingerprint density at radius 1 is 1.42 bits per heavy atom. The maximum atomic E-state index is 9.94. The maximum Gasteiger partial charge on any atom is 0.0741 e. The van der Waals surface area contributed by atoms with Gasteiger partial charge in [0.15, 0.2) is 0 Å². The van der Waals surface area contributed by atoms with E-state index in [0.29, 0.717) is 13.1 Å². The molecule has 2 rings (SSSR count). The van der Waals surface area contributed by atoms with Crippen LogP contribution < -0.4 is 5.32 Å². The molecule has 1 atom stereocenters. The van der Waals surface area contributed by atoms with Gasteiger partial charge in [0.05, 0.1) is 17.5 Å². The maximum absolute atomic E-state index is 9.94. The smallest absolute Gasteiger partial charge is 0.0741 e. The molecule has 2 aromatic rings. The molecule has 0 saturated heterocycles. The van der Waals surface area contributed by atoms with Crippen LogP contribution in [0, 0.1) is 0 Å². The Hall–Kier alpha value is -1.72. The molecule has 0 spiro atoms. The molecule has 0 bridgehead atoms. The quantitative estimate of drug-likeness (QED) is 0.739. The Morgan fingerprint density at radius 2 is 2.26 bits per heavy atom. The minimum atomic E-state index is -0.668. The second-order valence-electron chi connectivity index (χ2n) is 4.97. The fourth-order valence-electron chi connectivity index (χ4n) is 1.80. The molecule has 19 heavy (non-hydrogen) atoms. The summed E-state index contributed by atoms with van der Waals surface area (Å²) in [6.45, 7) is 5.02. The van der Waals surface area contributed by atoms with Crippen LogP contribution in [0.3, 0.4) is 0 Å². The van der Waals surface area contributed by atoms with E-state index in [1.807, 2.05) is 26.0 Å². The number of rotatable bonds is 6.